The summed E-state index contributed by atoms with van der Waals surface area (Å²) in [6.45, 7) is 1.98. The Balaban J connectivity index is 2.11. The molecule has 0 radical (unpaired) electrons. The molecule has 0 bridgehead atoms. The highest BCUT2D eigenvalue weighted by atomic mass is 32.1. The van der Waals surface area contributed by atoms with Crippen LogP contribution in [0.1, 0.15) is 22.2 Å². The summed E-state index contributed by atoms with van der Waals surface area (Å²) in [7, 11) is 1.74. The summed E-state index contributed by atoms with van der Waals surface area (Å²) in [5, 5.41) is 2.02. The number of halogens is 1. The average Bonchev–Trinajstić information content (AvgIpc) is 2.90. The van der Waals surface area contributed by atoms with E-state index in [1.54, 1.807) is 23.3 Å². The summed E-state index contributed by atoms with van der Waals surface area (Å²) in [5.41, 5.74) is 6.22. The van der Waals surface area contributed by atoms with Gasteiger partial charge in [-0.05, 0) is 36.6 Å². The van der Waals surface area contributed by atoms with E-state index in [1.807, 2.05) is 24.4 Å². The van der Waals surface area contributed by atoms with Gasteiger partial charge in [-0.1, -0.05) is 6.07 Å². The fourth-order valence-corrected chi connectivity index (χ4v) is 2.80. The molecule has 1 amide bonds. The summed E-state index contributed by atoms with van der Waals surface area (Å²) in [6, 6.07) is 7.94. The van der Waals surface area contributed by atoms with Gasteiger partial charge in [-0.2, -0.15) is 0 Å². The third-order valence-electron chi connectivity index (χ3n) is 3.30. The number of likely N-dealkylation sites (N-methyl/N-ethyl adjacent to an activating group) is 1. The van der Waals surface area contributed by atoms with E-state index in [1.165, 1.54) is 23.1 Å². The van der Waals surface area contributed by atoms with Crippen molar-refractivity contribution in [2.24, 2.45) is 0 Å². The molecule has 2 aromatic rings. The lowest BCUT2D eigenvalue weighted by Crippen LogP contribution is -2.36. The number of thiophene rings is 1. The van der Waals surface area contributed by atoms with Crippen LogP contribution < -0.4 is 5.73 Å². The lowest BCUT2D eigenvalue weighted by atomic mass is 10.1. The van der Waals surface area contributed by atoms with Gasteiger partial charge in [-0.3, -0.25) is 4.79 Å². The molecule has 1 unspecified atom stereocenters. The van der Waals surface area contributed by atoms with Gasteiger partial charge in [0, 0.05) is 30.1 Å². The van der Waals surface area contributed by atoms with Crippen LogP contribution in [0.25, 0.3) is 0 Å². The number of hydrogen-bond acceptors (Lipinski definition) is 3. The van der Waals surface area contributed by atoms with E-state index in [9.17, 15) is 9.18 Å². The fourth-order valence-electron chi connectivity index (χ4n) is 1.98. The summed E-state index contributed by atoms with van der Waals surface area (Å²) in [5.74, 6) is -0.625. The highest BCUT2D eigenvalue weighted by molar-refractivity contribution is 7.09. The maximum Gasteiger partial charge on any atom is 0.255 e. The zero-order chi connectivity index (χ0) is 14.7. The fraction of sp³-hybridized carbons (Fsp3) is 0.267. The second kappa shape index (κ2) is 6.05. The number of hydrogen-bond donors (Lipinski definition) is 1. The number of anilines is 1. The normalized spacial score (nSPS) is 12.2. The molecule has 3 nitrogen and oxygen atoms in total. The number of nitrogens with two attached hydrogens (primary N) is 1. The van der Waals surface area contributed by atoms with Crippen LogP contribution in [0, 0.1) is 5.82 Å². The van der Waals surface area contributed by atoms with Gasteiger partial charge < -0.3 is 10.6 Å². The smallest absolute Gasteiger partial charge is 0.255 e. The van der Waals surface area contributed by atoms with Gasteiger partial charge in [-0.15, -0.1) is 11.3 Å². The van der Waals surface area contributed by atoms with Crippen molar-refractivity contribution in [3.63, 3.8) is 0 Å². The number of nitrogen functional groups attached to an aromatic ring is 1. The van der Waals surface area contributed by atoms with Crippen molar-refractivity contribution in [2.45, 2.75) is 19.4 Å². The van der Waals surface area contributed by atoms with E-state index >= 15 is 0 Å². The van der Waals surface area contributed by atoms with Crippen LogP contribution in [0.15, 0.2) is 35.7 Å². The van der Waals surface area contributed by atoms with Gasteiger partial charge in [0.2, 0.25) is 0 Å². The molecule has 1 aromatic carbocycles. The van der Waals surface area contributed by atoms with E-state index in [4.69, 9.17) is 5.73 Å². The Morgan fingerprint density at radius 2 is 2.20 bits per heavy atom. The minimum absolute atomic E-state index is 0.0469. The van der Waals surface area contributed by atoms with Crippen LogP contribution in [-0.4, -0.2) is 23.9 Å². The topological polar surface area (TPSA) is 46.3 Å². The van der Waals surface area contributed by atoms with E-state index in [0.717, 1.165) is 6.42 Å². The number of carbonyl (C=O) groups is 1. The molecule has 20 heavy (non-hydrogen) atoms. The molecule has 2 N–H and O–H groups in total. The Hall–Kier alpha value is -1.88. The van der Waals surface area contributed by atoms with Crippen molar-refractivity contribution in [1.82, 2.24) is 4.90 Å². The molecule has 0 aliphatic rings. The first-order valence-electron chi connectivity index (χ1n) is 6.33. The summed E-state index contributed by atoms with van der Waals surface area (Å²) < 4.78 is 13.0. The largest absolute Gasteiger partial charge is 0.398 e. The summed E-state index contributed by atoms with van der Waals surface area (Å²) in [6.07, 6.45) is 0.793. The van der Waals surface area contributed by atoms with E-state index in [-0.39, 0.29) is 17.6 Å². The maximum atomic E-state index is 13.0. The standard InChI is InChI=1S/C15H17FN2OS/c1-10(8-12-4-3-7-20-12)18(2)15(19)13-6-5-11(16)9-14(13)17/h3-7,9-10H,8,17H2,1-2H3. The van der Waals surface area contributed by atoms with E-state index < -0.39 is 5.82 Å². The van der Waals surface area contributed by atoms with Crippen LogP contribution >= 0.6 is 11.3 Å². The van der Waals surface area contributed by atoms with Crippen molar-refractivity contribution in [3.8, 4) is 0 Å². The first kappa shape index (κ1) is 14.5. The highest BCUT2D eigenvalue weighted by Crippen LogP contribution is 2.19. The SMILES string of the molecule is CC(Cc1cccs1)N(C)C(=O)c1ccc(F)cc1N. The number of amides is 1. The molecule has 1 aromatic heterocycles. The molecule has 1 heterocycles. The predicted molar refractivity (Wildman–Crippen MR) is 80.4 cm³/mol. The van der Waals surface area contributed by atoms with E-state index in [2.05, 4.69) is 0 Å². The van der Waals surface area contributed by atoms with E-state index in [0.29, 0.717) is 5.56 Å². The first-order chi connectivity index (χ1) is 9.49. The molecule has 0 fully saturated rings. The lowest BCUT2D eigenvalue weighted by molar-refractivity contribution is 0.0745. The third-order valence-corrected chi connectivity index (χ3v) is 4.20. The summed E-state index contributed by atoms with van der Waals surface area (Å²) in [4.78, 5) is 15.2. The third kappa shape index (κ3) is 3.17. The zero-order valence-corrected chi connectivity index (χ0v) is 12.3. The van der Waals surface area contributed by atoms with Crippen LogP contribution in [0.2, 0.25) is 0 Å². The molecule has 0 spiro atoms. The monoisotopic (exact) mass is 292 g/mol. The van der Waals surface area contributed by atoms with Crippen LogP contribution in [0.4, 0.5) is 10.1 Å². The van der Waals surface area contributed by atoms with Crippen LogP contribution in [0.3, 0.4) is 0 Å². The van der Waals surface area contributed by atoms with Gasteiger partial charge in [0.1, 0.15) is 5.82 Å². The van der Waals surface area contributed by atoms with Gasteiger partial charge in [0.25, 0.3) is 5.91 Å². The molecule has 0 saturated heterocycles. The highest BCUT2D eigenvalue weighted by Gasteiger charge is 2.20. The molecule has 2 rings (SSSR count). The molecule has 0 saturated carbocycles. The lowest BCUT2D eigenvalue weighted by Gasteiger charge is -2.25. The van der Waals surface area contributed by atoms with Gasteiger partial charge in [-0.25, -0.2) is 4.39 Å². The number of carbonyl (C=O) groups excluding carboxylic acids is 1. The Kier molecular flexibility index (Phi) is 4.39. The number of benzene rings is 1. The van der Waals surface area contributed by atoms with Gasteiger partial charge in [0.05, 0.1) is 5.56 Å². The molecular weight excluding hydrogens is 275 g/mol. The molecule has 5 heteroatoms. The molecule has 0 aliphatic heterocycles. The summed E-state index contributed by atoms with van der Waals surface area (Å²) >= 11 is 1.67. The molecule has 106 valence electrons. The molecule has 0 aliphatic carbocycles. The van der Waals surface area contributed by atoms with Crippen molar-refractivity contribution in [2.75, 3.05) is 12.8 Å². The predicted octanol–water partition coefficient (Wildman–Crippen LogP) is 3.17. The van der Waals surface area contributed by atoms with Gasteiger partial charge in [0.15, 0.2) is 0 Å². The number of nitrogens with zero attached hydrogens (tertiary/aromatic N) is 1. The number of rotatable bonds is 4. The molecule has 1 atom stereocenters. The maximum absolute atomic E-state index is 13.0. The Labute approximate surface area is 121 Å². The van der Waals surface area contributed by atoms with Crippen molar-refractivity contribution in [1.29, 1.82) is 0 Å². The Bertz CT molecular complexity index is 598. The quantitative estimate of drug-likeness (QED) is 0.880. The van der Waals surface area contributed by atoms with Gasteiger partial charge >= 0.3 is 0 Å². The average molecular weight is 292 g/mol. The minimum atomic E-state index is -0.437. The van der Waals surface area contributed by atoms with Crippen molar-refractivity contribution < 1.29 is 9.18 Å². The second-order valence-corrected chi connectivity index (χ2v) is 5.81. The minimum Gasteiger partial charge on any atom is -0.398 e. The van der Waals surface area contributed by atoms with Crippen molar-refractivity contribution >= 4 is 22.9 Å². The first-order valence-corrected chi connectivity index (χ1v) is 7.21. The van der Waals surface area contributed by atoms with Crippen LogP contribution in [-0.2, 0) is 6.42 Å². The Morgan fingerprint density at radius 3 is 2.80 bits per heavy atom. The van der Waals surface area contributed by atoms with Crippen molar-refractivity contribution in [3.05, 3.63) is 52.0 Å². The van der Waals surface area contributed by atoms with Crippen LogP contribution in [0.5, 0.6) is 0 Å². The molecular formula is C15H17FN2OS. The second-order valence-electron chi connectivity index (χ2n) is 4.78. The Morgan fingerprint density at radius 1 is 1.45 bits per heavy atom. The zero-order valence-electron chi connectivity index (χ0n) is 11.5.